The summed E-state index contributed by atoms with van der Waals surface area (Å²) in [6.45, 7) is 4.33. The number of methoxy groups -OCH3 is 1. The largest absolute Gasteiger partial charge is 0.497 e. The van der Waals surface area contributed by atoms with Gasteiger partial charge >= 0.3 is 0 Å². The van der Waals surface area contributed by atoms with E-state index in [0.717, 1.165) is 10.5 Å². The Morgan fingerprint density at radius 3 is 2.34 bits per heavy atom. The highest BCUT2D eigenvalue weighted by atomic mass is 32.2. The van der Waals surface area contributed by atoms with Gasteiger partial charge in [0.15, 0.2) is 5.16 Å². The molecular formula is C30H34FN7O4S2. The van der Waals surface area contributed by atoms with Crippen molar-refractivity contribution >= 4 is 45.3 Å². The highest BCUT2D eigenvalue weighted by Crippen LogP contribution is 2.28. The van der Waals surface area contributed by atoms with Crippen LogP contribution in [0, 0.1) is 11.7 Å². The van der Waals surface area contributed by atoms with E-state index in [1.165, 1.54) is 36.0 Å². The number of amides is 1. The molecule has 11 nitrogen and oxygen atoms in total. The summed E-state index contributed by atoms with van der Waals surface area (Å²) in [7, 11) is -2.18. The molecule has 14 heteroatoms. The number of hydrogen-bond donors (Lipinski definition) is 4. The van der Waals surface area contributed by atoms with E-state index in [9.17, 15) is 17.6 Å². The lowest BCUT2D eigenvalue weighted by Gasteiger charge is -2.21. The molecule has 1 aromatic heterocycles. The summed E-state index contributed by atoms with van der Waals surface area (Å²) < 4.78 is 42.1. The maximum absolute atomic E-state index is 13.8. The van der Waals surface area contributed by atoms with Gasteiger partial charge in [-0.2, -0.15) is 15.0 Å². The van der Waals surface area contributed by atoms with Crippen LogP contribution in [0.3, 0.4) is 0 Å². The smallest absolute Gasteiger partial charge is 0.242 e. The van der Waals surface area contributed by atoms with Gasteiger partial charge in [-0.05, 0) is 90.7 Å². The molecule has 0 saturated carbocycles. The van der Waals surface area contributed by atoms with Gasteiger partial charge in [0.2, 0.25) is 27.8 Å². The maximum atomic E-state index is 13.8. The van der Waals surface area contributed by atoms with Gasteiger partial charge in [0.25, 0.3) is 0 Å². The lowest BCUT2D eigenvalue weighted by atomic mass is 10.0. The first-order chi connectivity index (χ1) is 21.0. The zero-order valence-electron chi connectivity index (χ0n) is 24.5. The minimum Gasteiger partial charge on any atom is -0.497 e. The van der Waals surface area contributed by atoms with E-state index in [-0.39, 0.29) is 28.6 Å². The van der Waals surface area contributed by atoms with E-state index in [0.29, 0.717) is 36.0 Å². The van der Waals surface area contributed by atoms with Crippen LogP contribution < -0.4 is 25.8 Å². The van der Waals surface area contributed by atoms with E-state index in [1.54, 1.807) is 31.4 Å². The molecule has 0 aliphatic carbocycles. The van der Waals surface area contributed by atoms with Crippen molar-refractivity contribution in [2.24, 2.45) is 11.1 Å². The molecular weight excluding hydrogens is 606 g/mol. The third-order valence-electron chi connectivity index (χ3n) is 6.26. The number of sulfonamides is 1. The quantitative estimate of drug-likeness (QED) is 0.152. The second-order valence-corrected chi connectivity index (χ2v) is 12.8. The molecule has 0 bridgehead atoms. The van der Waals surface area contributed by atoms with Gasteiger partial charge in [-0.3, -0.25) is 4.79 Å². The zero-order chi connectivity index (χ0) is 31.7. The van der Waals surface area contributed by atoms with E-state index < -0.39 is 21.9 Å². The first-order valence-corrected chi connectivity index (χ1v) is 16.1. The van der Waals surface area contributed by atoms with Gasteiger partial charge in [0.1, 0.15) is 17.6 Å². The van der Waals surface area contributed by atoms with E-state index >= 15 is 0 Å². The molecule has 0 fully saturated rings. The molecule has 4 rings (SSSR count). The molecule has 1 atom stereocenters. The molecule has 5 N–H and O–H groups in total. The Labute approximate surface area is 260 Å². The molecule has 44 heavy (non-hydrogen) atoms. The Bertz CT molecular complexity index is 1670. The summed E-state index contributed by atoms with van der Waals surface area (Å²) in [6.07, 6.45) is 0.981. The normalized spacial score (nSPS) is 12.0. The van der Waals surface area contributed by atoms with Crippen LogP contribution in [-0.4, -0.2) is 49.0 Å². The number of rotatable bonds is 14. The first-order valence-electron chi connectivity index (χ1n) is 13.7. The molecule has 4 aromatic rings. The van der Waals surface area contributed by atoms with Gasteiger partial charge < -0.3 is 20.7 Å². The number of ether oxygens (including phenoxy) is 1. The van der Waals surface area contributed by atoms with E-state index in [4.69, 9.17) is 9.88 Å². The number of nitrogens with zero attached hydrogens (tertiary/aromatic N) is 3. The highest BCUT2D eigenvalue weighted by molar-refractivity contribution is 7.99. The number of anilines is 3. The van der Waals surface area contributed by atoms with Crippen molar-refractivity contribution in [2.45, 2.75) is 47.7 Å². The molecule has 3 aromatic carbocycles. The second-order valence-electron chi connectivity index (χ2n) is 10.2. The number of primary sulfonamides is 1. The van der Waals surface area contributed by atoms with Crippen LogP contribution in [0.1, 0.15) is 25.8 Å². The fourth-order valence-electron chi connectivity index (χ4n) is 4.12. The third-order valence-corrected chi connectivity index (χ3v) is 8.06. The van der Waals surface area contributed by atoms with Crippen molar-refractivity contribution in [1.82, 2.24) is 20.3 Å². The van der Waals surface area contributed by atoms with Crippen LogP contribution in [0.15, 0.2) is 87.7 Å². The van der Waals surface area contributed by atoms with Crippen molar-refractivity contribution in [3.8, 4) is 5.75 Å². The van der Waals surface area contributed by atoms with Crippen LogP contribution in [0.4, 0.5) is 22.0 Å². The number of aromatic nitrogens is 3. The molecule has 0 unspecified atom stereocenters. The molecule has 0 saturated heterocycles. The summed E-state index contributed by atoms with van der Waals surface area (Å²) in [5.74, 6) is 0.575. The Morgan fingerprint density at radius 1 is 1.00 bits per heavy atom. The first kappa shape index (κ1) is 32.6. The molecule has 0 radical (unpaired) electrons. The number of nitrogens with two attached hydrogens (primary N) is 1. The Kier molecular flexibility index (Phi) is 11.1. The third kappa shape index (κ3) is 9.89. The van der Waals surface area contributed by atoms with Gasteiger partial charge in [0, 0.05) is 17.1 Å². The number of carbonyl (C=O) groups excluding carboxylic acids is 1. The highest BCUT2D eigenvalue weighted by Gasteiger charge is 2.22. The second kappa shape index (κ2) is 14.9. The number of benzene rings is 3. The molecule has 0 spiro atoms. The summed E-state index contributed by atoms with van der Waals surface area (Å²) in [6, 6.07) is 18.9. The van der Waals surface area contributed by atoms with Crippen LogP contribution in [0.5, 0.6) is 5.75 Å². The fraction of sp³-hybridized carbons (Fsp3) is 0.267. The van der Waals surface area contributed by atoms with Gasteiger partial charge in [-0.25, -0.2) is 17.9 Å². The van der Waals surface area contributed by atoms with E-state index in [2.05, 4.69) is 30.9 Å². The van der Waals surface area contributed by atoms with E-state index in [1.807, 2.05) is 38.1 Å². The summed E-state index contributed by atoms with van der Waals surface area (Å²) in [5, 5.41) is 14.6. The average Bonchev–Trinajstić information content (AvgIpc) is 2.97. The molecule has 232 valence electrons. The van der Waals surface area contributed by atoms with Crippen molar-refractivity contribution in [2.75, 3.05) is 24.3 Å². The lowest BCUT2D eigenvalue weighted by Crippen LogP contribution is -2.41. The zero-order valence-corrected chi connectivity index (χ0v) is 26.1. The minimum atomic E-state index is -3.77. The van der Waals surface area contributed by atoms with Crippen molar-refractivity contribution in [3.63, 3.8) is 0 Å². The van der Waals surface area contributed by atoms with Gasteiger partial charge in [0.05, 0.1) is 12.0 Å². The Hall–Kier alpha value is -4.27. The number of nitrogens with one attached hydrogen (secondary N) is 3. The number of carbonyl (C=O) groups is 1. The van der Waals surface area contributed by atoms with Crippen LogP contribution in [0.2, 0.25) is 0 Å². The topological polar surface area (TPSA) is 161 Å². The van der Waals surface area contributed by atoms with Crippen molar-refractivity contribution in [1.29, 1.82) is 0 Å². The lowest BCUT2D eigenvalue weighted by molar-refractivity contribution is -0.122. The monoisotopic (exact) mass is 639 g/mol. The minimum absolute atomic E-state index is 0.0274. The molecule has 0 aliphatic heterocycles. The molecule has 1 amide bonds. The number of halogens is 1. The van der Waals surface area contributed by atoms with Crippen LogP contribution in [0.25, 0.3) is 0 Å². The maximum Gasteiger partial charge on any atom is 0.242 e. The van der Waals surface area contributed by atoms with Crippen molar-refractivity contribution in [3.05, 3.63) is 84.2 Å². The predicted molar refractivity (Wildman–Crippen MR) is 168 cm³/mol. The SMILES string of the molecule is COc1ccc(Sc2nc(Nc3cccc(F)c3)nc(N[C@@H](CC(C)C)C(=O)NCCc3ccc(S(N)(=O)=O)cc3)n2)cc1. The Morgan fingerprint density at radius 2 is 1.70 bits per heavy atom. The van der Waals surface area contributed by atoms with Crippen LogP contribution >= 0.6 is 11.8 Å². The summed E-state index contributed by atoms with van der Waals surface area (Å²) >= 11 is 1.29. The van der Waals surface area contributed by atoms with Crippen molar-refractivity contribution < 1.29 is 22.3 Å². The average molecular weight is 640 g/mol. The fourth-order valence-corrected chi connectivity index (χ4v) is 5.39. The summed E-state index contributed by atoms with van der Waals surface area (Å²) in [5.41, 5.74) is 1.30. The number of hydrogen-bond acceptors (Lipinski definition) is 10. The Balaban J connectivity index is 1.51. The molecule has 1 heterocycles. The van der Waals surface area contributed by atoms with Gasteiger partial charge in [-0.1, -0.05) is 32.0 Å². The molecule has 0 aliphatic rings. The van der Waals surface area contributed by atoms with Crippen LogP contribution in [-0.2, 0) is 21.2 Å². The predicted octanol–water partition coefficient (Wildman–Crippen LogP) is 4.75. The standard InChI is InChI=1S/C30H34FN7O4S2/c1-19(2)17-26(27(39)33-16-15-20-7-13-25(14-8-20)44(32,40)41)35-29-36-28(34-22-6-4-5-21(31)18-22)37-30(38-29)43-24-11-9-23(42-3)10-12-24/h4-14,18-19,26H,15-17H2,1-3H3,(H,33,39)(H2,32,40,41)(H2,34,35,36,37,38)/t26-/m0/s1. The summed E-state index contributed by atoms with van der Waals surface area (Å²) in [4.78, 5) is 27.7. The van der Waals surface area contributed by atoms with Gasteiger partial charge in [-0.15, -0.1) is 0 Å².